The van der Waals surface area contributed by atoms with E-state index in [0.29, 0.717) is 13.1 Å². The maximum atomic E-state index is 6.60. The van der Waals surface area contributed by atoms with E-state index in [-0.39, 0.29) is 0 Å². The van der Waals surface area contributed by atoms with E-state index >= 15 is 0 Å². The van der Waals surface area contributed by atoms with Gasteiger partial charge in [0.15, 0.2) is 0 Å². The third-order valence-corrected chi connectivity index (χ3v) is 2.90. The number of hydrogen-bond donors (Lipinski definition) is 2. The van der Waals surface area contributed by atoms with Crippen LogP contribution in [0.15, 0.2) is 23.8 Å². The molecule has 0 aliphatic heterocycles. The Morgan fingerprint density at radius 3 is 2.71 bits per heavy atom. The van der Waals surface area contributed by atoms with Gasteiger partial charge in [-0.1, -0.05) is 0 Å². The molecule has 0 heterocycles. The van der Waals surface area contributed by atoms with Crippen LogP contribution in [-0.2, 0) is 19.4 Å². The molecule has 0 aliphatic carbocycles. The van der Waals surface area contributed by atoms with E-state index in [9.17, 15) is 0 Å². The molecule has 14 heavy (non-hydrogen) atoms. The number of nitrogens with one attached hydrogen (secondary N) is 2. The predicted molar refractivity (Wildman–Crippen MR) is 56.2 cm³/mol. The monoisotopic (exact) mass is 361 g/mol. The molecule has 0 amide bonds. The predicted octanol–water partition coefficient (Wildman–Crippen LogP) is 1.20. The molecule has 0 aromatic heterocycles. The standard InChI is InChI=1S/C10H15N3.W/c1-9(2)7-10(3)8-13-12-6-5-11-4;/h7,12-13H,1,5-6H2,2-3H3;. The Morgan fingerprint density at radius 1 is 1.57 bits per heavy atom. The van der Waals surface area contributed by atoms with Gasteiger partial charge in [-0.2, -0.15) is 0 Å². The molecule has 0 rings (SSSR count). The first kappa shape index (κ1) is 13.4. The Bertz CT molecular complexity index is 286. The van der Waals surface area contributed by atoms with Gasteiger partial charge in [-0.3, -0.25) is 0 Å². The van der Waals surface area contributed by atoms with Crippen molar-refractivity contribution in [3.63, 3.8) is 0 Å². The van der Waals surface area contributed by atoms with Gasteiger partial charge in [-0.05, 0) is 0 Å². The van der Waals surface area contributed by atoms with Crippen LogP contribution in [0.2, 0.25) is 0 Å². The number of allylic oxidation sites excluding steroid dienone is 2. The van der Waals surface area contributed by atoms with Crippen LogP contribution in [0.1, 0.15) is 13.8 Å². The van der Waals surface area contributed by atoms with Crippen LogP contribution in [-0.4, -0.2) is 17.1 Å². The van der Waals surface area contributed by atoms with Crippen molar-refractivity contribution in [1.82, 2.24) is 10.9 Å². The summed E-state index contributed by atoms with van der Waals surface area (Å²) in [6.45, 7) is 15.6. The molecule has 0 fully saturated rings. The average Bonchev–Trinajstić information content (AvgIpc) is 2.11. The SMILES string of the molecule is [C-]#[N+]CCNN[C](=[W])C(C)=CC(=C)C. The Labute approximate surface area is 96.5 Å². The second kappa shape index (κ2) is 7.82. The molecule has 3 nitrogen and oxygen atoms in total. The van der Waals surface area contributed by atoms with Crippen molar-refractivity contribution in [1.29, 1.82) is 0 Å². The van der Waals surface area contributed by atoms with Crippen LogP contribution in [0.3, 0.4) is 0 Å². The van der Waals surface area contributed by atoms with Gasteiger partial charge in [0.05, 0.1) is 0 Å². The summed E-state index contributed by atoms with van der Waals surface area (Å²) < 4.78 is 1.14. The zero-order chi connectivity index (χ0) is 11.0. The minimum absolute atomic E-state index is 0.499. The maximum absolute atomic E-state index is 6.60. The molecule has 0 atom stereocenters. The molecule has 0 bridgehead atoms. The van der Waals surface area contributed by atoms with Crippen molar-refractivity contribution in [3.05, 3.63) is 35.2 Å². The molecule has 2 N–H and O–H groups in total. The fourth-order valence-electron chi connectivity index (χ4n) is 0.788. The molecule has 0 unspecified atom stereocenters. The summed E-state index contributed by atoms with van der Waals surface area (Å²) in [6, 6.07) is 0. The summed E-state index contributed by atoms with van der Waals surface area (Å²) in [5.41, 5.74) is 8.29. The molecule has 0 spiro atoms. The van der Waals surface area contributed by atoms with Gasteiger partial charge in [-0.25, -0.2) is 0 Å². The number of nitrogens with zero attached hydrogens (tertiary/aromatic N) is 1. The first-order valence-electron chi connectivity index (χ1n) is 4.28. The van der Waals surface area contributed by atoms with E-state index in [0.717, 1.165) is 9.59 Å². The summed E-state index contributed by atoms with van der Waals surface area (Å²) in [5, 5.41) is 0. The molecule has 0 saturated heterocycles. The van der Waals surface area contributed by atoms with Gasteiger partial charge >= 0.3 is 96.4 Å². The Morgan fingerprint density at radius 2 is 2.21 bits per heavy atom. The van der Waals surface area contributed by atoms with Gasteiger partial charge in [0, 0.05) is 0 Å². The van der Waals surface area contributed by atoms with E-state index in [1.807, 2.05) is 19.9 Å². The fourth-order valence-corrected chi connectivity index (χ4v) is 1.26. The minimum atomic E-state index is 0.499. The van der Waals surface area contributed by atoms with Crippen LogP contribution in [0.5, 0.6) is 0 Å². The zero-order valence-electron chi connectivity index (χ0n) is 8.55. The van der Waals surface area contributed by atoms with E-state index in [1.165, 1.54) is 24.9 Å². The first-order valence-corrected chi connectivity index (χ1v) is 5.75. The summed E-state index contributed by atoms with van der Waals surface area (Å²) in [6.07, 6.45) is 2.03. The van der Waals surface area contributed by atoms with Crippen molar-refractivity contribution < 1.29 is 19.4 Å². The van der Waals surface area contributed by atoms with Crippen molar-refractivity contribution in [2.75, 3.05) is 13.1 Å². The van der Waals surface area contributed by atoms with Crippen LogP contribution in [0, 0.1) is 6.57 Å². The third kappa shape index (κ3) is 6.91. The van der Waals surface area contributed by atoms with Crippen molar-refractivity contribution in [2.24, 2.45) is 0 Å². The summed E-state index contributed by atoms with van der Waals surface area (Å²) in [5.74, 6) is 0. The number of hydrogen-bond acceptors (Lipinski definition) is 2. The van der Waals surface area contributed by atoms with Gasteiger partial charge < -0.3 is 0 Å². The normalized spacial score (nSPS) is 10.8. The van der Waals surface area contributed by atoms with Crippen LogP contribution < -0.4 is 10.9 Å². The number of hydrazine groups is 1. The molecular weight excluding hydrogens is 346 g/mol. The van der Waals surface area contributed by atoms with E-state index in [4.69, 9.17) is 6.57 Å². The summed E-state index contributed by atoms with van der Waals surface area (Å²) in [4.78, 5) is 3.24. The van der Waals surface area contributed by atoms with Gasteiger partial charge in [0.2, 0.25) is 0 Å². The molecular formula is C10H15N3W. The van der Waals surface area contributed by atoms with Crippen molar-refractivity contribution in [3.8, 4) is 0 Å². The average molecular weight is 361 g/mol. The second-order valence-corrected chi connectivity index (χ2v) is 4.40. The Hall–Kier alpha value is -0.552. The second-order valence-electron chi connectivity index (χ2n) is 2.94. The molecule has 0 saturated carbocycles. The quantitative estimate of drug-likeness (QED) is 0.322. The molecule has 0 aromatic rings. The third-order valence-electron chi connectivity index (χ3n) is 1.37. The Balaban J connectivity index is 3.86. The summed E-state index contributed by atoms with van der Waals surface area (Å²) in [7, 11) is 0. The Kier molecular flexibility index (Phi) is 7.51. The van der Waals surface area contributed by atoms with E-state index in [1.54, 1.807) is 0 Å². The molecule has 0 aliphatic rings. The molecule has 0 aromatic carbocycles. The molecule has 4 heteroatoms. The van der Waals surface area contributed by atoms with E-state index < -0.39 is 0 Å². The number of rotatable bonds is 6. The van der Waals surface area contributed by atoms with Crippen LogP contribution in [0.4, 0.5) is 0 Å². The van der Waals surface area contributed by atoms with Gasteiger partial charge in [-0.15, -0.1) is 0 Å². The van der Waals surface area contributed by atoms with Gasteiger partial charge in [0.25, 0.3) is 0 Å². The fraction of sp³-hybridized carbons (Fsp3) is 0.400. The van der Waals surface area contributed by atoms with Crippen LogP contribution in [0.25, 0.3) is 4.85 Å². The van der Waals surface area contributed by atoms with Crippen LogP contribution >= 0.6 is 0 Å². The van der Waals surface area contributed by atoms with Gasteiger partial charge in [0.1, 0.15) is 0 Å². The zero-order valence-corrected chi connectivity index (χ0v) is 11.5. The molecule has 76 valence electrons. The topological polar surface area (TPSA) is 28.4 Å². The van der Waals surface area contributed by atoms with E-state index in [2.05, 4.69) is 22.3 Å². The molecule has 0 radical (unpaired) electrons. The van der Waals surface area contributed by atoms with Crippen molar-refractivity contribution >= 4 is 4.02 Å². The summed E-state index contributed by atoms with van der Waals surface area (Å²) >= 11 is 1.37. The van der Waals surface area contributed by atoms with Crippen molar-refractivity contribution in [2.45, 2.75) is 13.8 Å². The first-order chi connectivity index (χ1) is 6.57.